The highest BCUT2D eigenvalue weighted by molar-refractivity contribution is 7.16. The molecule has 0 aliphatic heterocycles. The Bertz CT molecular complexity index is 421. The lowest BCUT2D eigenvalue weighted by atomic mass is 10.3. The molecule has 0 radical (unpaired) electrons. The molecule has 0 saturated carbocycles. The van der Waals surface area contributed by atoms with Crippen LogP contribution in [0.15, 0.2) is 12.1 Å². The number of hydrogen-bond donors (Lipinski definition) is 2. The molecule has 1 aromatic heterocycles. The van der Waals surface area contributed by atoms with Crippen molar-refractivity contribution in [2.45, 2.75) is 13.0 Å². The molecular formula is C10H13ClN2O3S. The van der Waals surface area contributed by atoms with E-state index in [0.717, 1.165) is 9.78 Å². The van der Waals surface area contributed by atoms with Crippen molar-refractivity contribution in [2.24, 2.45) is 0 Å². The van der Waals surface area contributed by atoms with E-state index in [0.29, 0.717) is 4.34 Å². The van der Waals surface area contributed by atoms with Gasteiger partial charge in [0.2, 0.25) is 0 Å². The minimum atomic E-state index is -1.05. The number of halogens is 1. The summed E-state index contributed by atoms with van der Waals surface area (Å²) in [7, 11) is 1.43. The van der Waals surface area contributed by atoms with Crippen molar-refractivity contribution < 1.29 is 14.7 Å². The quantitative estimate of drug-likeness (QED) is 0.886. The van der Waals surface area contributed by atoms with E-state index in [-0.39, 0.29) is 12.6 Å². The van der Waals surface area contributed by atoms with E-state index in [1.165, 1.54) is 18.4 Å². The van der Waals surface area contributed by atoms with Crippen LogP contribution in [0.5, 0.6) is 0 Å². The zero-order chi connectivity index (χ0) is 13.0. The standard InChI is InChI=1S/C10H13ClN2O3S/c1-6(7-3-4-8(11)17-7)12-10(16)13(2)5-9(14)15/h3-4,6H,5H2,1-2H3,(H,12,16)(H,14,15). The van der Waals surface area contributed by atoms with Gasteiger partial charge in [0.05, 0.1) is 10.4 Å². The zero-order valence-electron chi connectivity index (χ0n) is 9.44. The van der Waals surface area contributed by atoms with Gasteiger partial charge in [0.25, 0.3) is 0 Å². The maximum atomic E-state index is 11.6. The Balaban J connectivity index is 2.53. The smallest absolute Gasteiger partial charge is 0.323 e. The first kappa shape index (κ1) is 13.8. The molecule has 1 aromatic rings. The van der Waals surface area contributed by atoms with Crippen molar-refractivity contribution in [3.63, 3.8) is 0 Å². The lowest BCUT2D eigenvalue weighted by molar-refractivity contribution is -0.137. The molecule has 2 N–H and O–H groups in total. The van der Waals surface area contributed by atoms with Gasteiger partial charge in [-0.1, -0.05) is 11.6 Å². The third-order valence-electron chi connectivity index (χ3n) is 2.08. The number of thiophene rings is 1. The molecule has 1 heterocycles. The summed E-state index contributed by atoms with van der Waals surface area (Å²) in [4.78, 5) is 24.1. The fraction of sp³-hybridized carbons (Fsp3) is 0.400. The maximum Gasteiger partial charge on any atom is 0.323 e. The van der Waals surface area contributed by atoms with Crippen LogP contribution in [-0.4, -0.2) is 35.6 Å². The molecular weight excluding hydrogens is 264 g/mol. The average Bonchev–Trinajstić information content (AvgIpc) is 2.63. The Morgan fingerprint density at radius 3 is 2.71 bits per heavy atom. The predicted molar refractivity (Wildman–Crippen MR) is 66.5 cm³/mol. The van der Waals surface area contributed by atoms with Crippen LogP contribution in [0.2, 0.25) is 4.34 Å². The van der Waals surface area contributed by atoms with Gasteiger partial charge in [-0.2, -0.15) is 0 Å². The summed E-state index contributed by atoms with van der Waals surface area (Å²) in [6, 6.07) is 2.96. The van der Waals surface area contributed by atoms with Crippen LogP contribution in [0.1, 0.15) is 17.8 Å². The highest BCUT2D eigenvalue weighted by Gasteiger charge is 2.16. The fourth-order valence-corrected chi connectivity index (χ4v) is 2.27. The molecule has 0 aliphatic rings. The Hall–Kier alpha value is -1.27. The van der Waals surface area contributed by atoms with Gasteiger partial charge in [-0.3, -0.25) is 4.79 Å². The molecule has 1 unspecified atom stereocenters. The first-order valence-electron chi connectivity index (χ1n) is 4.89. The highest BCUT2D eigenvalue weighted by Crippen LogP contribution is 2.26. The third kappa shape index (κ3) is 4.24. The van der Waals surface area contributed by atoms with Crippen LogP contribution in [0.25, 0.3) is 0 Å². The number of nitrogens with zero attached hydrogens (tertiary/aromatic N) is 1. The molecule has 17 heavy (non-hydrogen) atoms. The molecule has 1 atom stereocenters. The van der Waals surface area contributed by atoms with Crippen LogP contribution < -0.4 is 5.32 Å². The Labute approximate surface area is 108 Å². The Morgan fingerprint density at radius 1 is 1.59 bits per heavy atom. The number of rotatable bonds is 4. The van der Waals surface area contributed by atoms with E-state index in [9.17, 15) is 9.59 Å². The number of hydrogen-bond acceptors (Lipinski definition) is 3. The lowest BCUT2D eigenvalue weighted by Crippen LogP contribution is -2.40. The molecule has 0 bridgehead atoms. The number of amides is 2. The molecule has 0 fully saturated rings. The van der Waals surface area contributed by atoms with Crippen molar-refractivity contribution in [3.05, 3.63) is 21.3 Å². The van der Waals surface area contributed by atoms with E-state index in [2.05, 4.69) is 5.32 Å². The molecule has 0 spiro atoms. The second-order valence-corrected chi connectivity index (χ2v) is 5.31. The average molecular weight is 277 g/mol. The van der Waals surface area contributed by atoms with Gasteiger partial charge < -0.3 is 15.3 Å². The van der Waals surface area contributed by atoms with Crippen LogP contribution in [0, 0.1) is 0 Å². The number of nitrogens with one attached hydrogen (secondary N) is 1. The van der Waals surface area contributed by atoms with Crippen LogP contribution in [0.3, 0.4) is 0 Å². The number of urea groups is 1. The van der Waals surface area contributed by atoms with Gasteiger partial charge in [0, 0.05) is 11.9 Å². The second-order valence-electron chi connectivity index (χ2n) is 3.56. The molecule has 0 aromatic carbocycles. The van der Waals surface area contributed by atoms with Crippen LogP contribution in [-0.2, 0) is 4.79 Å². The van der Waals surface area contributed by atoms with Crippen molar-refractivity contribution >= 4 is 34.9 Å². The van der Waals surface area contributed by atoms with Crippen molar-refractivity contribution in [1.82, 2.24) is 10.2 Å². The molecule has 0 saturated heterocycles. The Kier molecular flexibility index (Phi) is 4.77. The second kappa shape index (κ2) is 5.88. The lowest BCUT2D eigenvalue weighted by Gasteiger charge is -2.19. The van der Waals surface area contributed by atoms with Gasteiger partial charge in [-0.05, 0) is 19.1 Å². The number of carboxylic acids is 1. The minimum Gasteiger partial charge on any atom is -0.480 e. The summed E-state index contributed by atoms with van der Waals surface area (Å²) in [6.07, 6.45) is 0. The molecule has 94 valence electrons. The summed E-state index contributed by atoms with van der Waals surface area (Å²) in [5.41, 5.74) is 0. The zero-order valence-corrected chi connectivity index (χ0v) is 11.0. The molecule has 2 amide bonds. The van der Waals surface area contributed by atoms with Gasteiger partial charge >= 0.3 is 12.0 Å². The van der Waals surface area contributed by atoms with E-state index in [1.807, 2.05) is 13.0 Å². The van der Waals surface area contributed by atoms with Crippen LogP contribution >= 0.6 is 22.9 Å². The summed E-state index contributed by atoms with van der Waals surface area (Å²) in [5.74, 6) is -1.05. The summed E-state index contributed by atoms with van der Waals surface area (Å²) < 4.78 is 0.653. The number of carboxylic acid groups (broad SMARTS) is 1. The summed E-state index contributed by atoms with van der Waals surface area (Å²) in [5, 5.41) is 11.2. The van der Waals surface area contributed by atoms with E-state index < -0.39 is 12.0 Å². The topological polar surface area (TPSA) is 69.6 Å². The SMILES string of the molecule is CC(NC(=O)N(C)CC(=O)O)c1ccc(Cl)s1. The minimum absolute atomic E-state index is 0.198. The maximum absolute atomic E-state index is 11.6. The molecule has 1 rings (SSSR count). The van der Waals surface area contributed by atoms with Gasteiger partial charge in [-0.25, -0.2) is 4.79 Å². The van der Waals surface area contributed by atoms with Crippen LogP contribution in [0.4, 0.5) is 4.79 Å². The largest absolute Gasteiger partial charge is 0.480 e. The van der Waals surface area contributed by atoms with Crippen molar-refractivity contribution in [2.75, 3.05) is 13.6 Å². The fourth-order valence-electron chi connectivity index (χ4n) is 1.20. The monoisotopic (exact) mass is 276 g/mol. The van der Waals surface area contributed by atoms with Gasteiger partial charge in [0.1, 0.15) is 6.54 Å². The number of carbonyl (C=O) groups excluding carboxylic acids is 1. The third-order valence-corrected chi connectivity index (χ3v) is 3.49. The van der Waals surface area contributed by atoms with Crippen molar-refractivity contribution in [3.8, 4) is 0 Å². The highest BCUT2D eigenvalue weighted by atomic mass is 35.5. The van der Waals surface area contributed by atoms with Gasteiger partial charge in [0.15, 0.2) is 0 Å². The predicted octanol–water partition coefficient (Wildman–Crippen LogP) is 2.19. The van der Waals surface area contributed by atoms with Gasteiger partial charge in [-0.15, -0.1) is 11.3 Å². The van der Waals surface area contributed by atoms with E-state index in [1.54, 1.807) is 6.07 Å². The molecule has 5 nitrogen and oxygen atoms in total. The summed E-state index contributed by atoms with van der Waals surface area (Å²) >= 11 is 7.17. The number of carbonyl (C=O) groups is 2. The summed E-state index contributed by atoms with van der Waals surface area (Å²) in [6.45, 7) is 1.48. The van der Waals surface area contributed by atoms with E-state index in [4.69, 9.17) is 16.7 Å². The number of likely N-dealkylation sites (N-methyl/N-ethyl adjacent to an activating group) is 1. The molecule has 0 aliphatic carbocycles. The molecule has 7 heteroatoms. The first-order chi connectivity index (χ1) is 7.90. The first-order valence-corrected chi connectivity index (χ1v) is 6.08. The number of aliphatic carboxylic acids is 1. The van der Waals surface area contributed by atoms with Crippen molar-refractivity contribution in [1.29, 1.82) is 0 Å². The normalized spacial score (nSPS) is 11.9. The van der Waals surface area contributed by atoms with E-state index >= 15 is 0 Å². The Morgan fingerprint density at radius 2 is 2.24 bits per heavy atom.